The van der Waals surface area contributed by atoms with Crippen LogP contribution in [0.25, 0.3) is 22.5 Å². The van der Waals surface area contributed by atoms with Gasteiger partial charge in [-0.05, 0) is 12.1 Å². The minimum Gasteiger partial charge on any atom is -0.497 e. The van der Waals surface area contributed by atoms with E-state index < -0.39 is 18.3 Å². The molecule has 0 radical (unpaired) electrons. The fourth-order valence-electron chi connectivity index (χ4n) is 4.08. The number of alkyl halides is 3. The maximum Gasteiger partial charge on any atom is 0.434 e. The van der Waals surface area contributed by atoms with Crippen LogP contribution in [0.2, 0.25) is 0 Å². The summed E-state index contributed by atoms with van der Waals surface area (Å²) < 4.78 is 55.8. The van der Waals surface area contributed by atoms with Crippen LogP contribution in [0.4, 0.5) is 13.2 Å². The van der Waals surface area contributed by atoms with Crippen molar-refractivity contribution >= 4 is 0 Å². The standard InChI is InChI=1S/C25H19F3N2O2/c1-31-20-14-12-19(13-15-20)24(25(26,27)28)16-30-22(18-10-6-3-7-11-18)21(29-23(30)32-24)17-8-4-2-5-9-17/h2-15H,16H2,1H3/t24-/m1/s1. The number of imidazole rings is 1. The molecule has 3 aromatic carbocycles. The van der Waals surface area contributed by atoms with Gasteiger partial charge in [0, 0.05) is 16.7 Å². The zero-order valence-electron chi connectivity index (χ0n) is 17.1. The second kappa shape index (κ2) is 7.44. The van der Waals surface area contributed by atoms with Crippen LogP contribution in [0.3, 0.4) is 0 Å². The fraction of sp³-hybridized carbons (Fsp3) is 0.160. The minimum atomic E-state index is -4.66. The summed E-state index contributed by atoms with van der Waals surface area (Å²) in [4.78, 5) is 4.52. The minimum absolute atomic E-state index is 0.00317. The number of halogens is 3. The van der Waals surface area contributed by atoms with Gasteiger partial charge in [-0.1, -0.05) is 72.8 Å². The van der Waals surface area contributed by atoms with E-state index in [4.69, 9.17) is 9.47 Å². The second-order valence-electron chi connectivity index (χ2n) is 7.57. The Morgan fingerprint density at radius 3 is 2.03 bits per heavy atom. The molecule has 1 aliphatic rings. The molecule has 0 saturated heterocycles. The van der Waals surface area contributed by atoms with Gasteiger partial charge in [0.15, 0.2) is 0 Å². The highest BCUT2D eigenvalue weighted by molar-refractivity contribution is 5.80. The Labute approximate surface area is 182 Å². The first-order chi connectivity index (χ1) is 15.4. The monoisotopic (exact) mass is 436 g/mol. The lowest BCUT2D eigenvalue weighted by molar-refractivity contribution is -0.250. The Morgan fingerprint density at radius 1 is 0.875 bits per heavy atom. The molecule has 162 valence electrons. The van der Waals surface area contributed by atoms with E-state index in [0.29, 0.717) is 17.1 Å². The van der Waals surface area contributed by atoms with Gasteiger partial charge in [0.2, 0.25) is 5.60 Å². The molecule has 0 amide bonds. The molecular weight excluding hydrogens is 417 g/mol. The molecule has 0 fully saturated rings. The van der Waals surface area contributed by atoms with Crippen molar-refractivity contribution in [1.82, 2.24) is 9.55 Å². The molecular formula is C25H19F3N2O2. The zero-order chi connectivity index (χ0) is 22.3. The predicted molar refractivity (Wildman–Crippen MR) is 114 cm³/mol. The summed E-state index contributed by atoms with van der Waals surface area (Å²) in [6, 6.07) is 24.4. The van der Waals surface area contributed by atoms with Gasteiger partial charge in [-0.15, -0.1) is 0 Å². The molecule has 1 atom stereocenters. The quantitative estimate of drug-likeness (QED) is 0.389. The molecule has 7 heteroatoms. The molecule has 1 aromatic heterocycles. The Hall–Kier alpha value is -3.74. The highest BCUT2D eigenvalue weighted by atomic mass is 19.4. The summed E-state index contributed by atoms with van der Waals surface area (Å²) in [5.41, 5.74) is 0.195. The van der Waals surface area contributed by atoms with Crippen LogP contribution in [0.1, 0.15) is 5.56 Å². The highest BCUT2D eigenvalue weighted by Crippen LogP contribution is 2.51. The first-order valence-electron chi connectivity index (χ1n) is 10.0. The maximum atomic E-state index is 14.5. The van der Waals surface area contributed by atoms with Crippen LogP contribution in [-0.4, -0.2) is 22.8 Å². The Bertz CT molecular complexity index is 1240. The average Bonchev–Trinajstić information content (AvgIpc) is 3.36. The molecule has 0 saturated carbocycles. The number of nitrogens with zero attached hydrogens (tertiary/aromatic N) is 2. The Balaban J connectivity index is 1.68. The van der Waals surface area contributed by atoms with Gasteiger partial charge in [-0.2, -0.15) is 18.2 Å². The molecule has 0 unspecified atom stereocenters. The van der Waals surface area contributed by atoms with Gasteiger partial charge < -0.3 is 9.47 Å². The smallest absolute Gasteiger partial charge is 0.434 e. The number of benzene rings is 3. The predicted octanol–water partition coefficient (Wildman–Crippen LogP) is 6.08. The van der Waals surface area contributed by atoms with Gasteiger partial charge in [0.1, 0.15) is 11.4 Å². The molecule has 5 rings (SSSR count). The number of fused-ring (bicyclic) bond motifs is 1. The summed E-state index contributed by atoms with van der Waals surface area (Å²) in [6.45, 7) is -0.442. The molecule has 0 aliphatic carbocycles. The highest BCUT2D eigenvalue weighted by Gasteiger charge is 2.63. The van der Waals surface area contributed by atoms with Crippen molar-refractivity contribution in [1.29, 1.82) is 0 Å². The summed E-state index contributed by atoms with van der Waals surface area (Å²) >= 11 is 0. The zero-order valence-corrected chi connectivity index (χ0v) is 17.1. The average molecular weight is 436 g/mol. The van der Waals surface area contributed by atoms with Crippen LogP contribution in [-0.2, 0) is 12.1 Å². The molecule has 4 aromatic rings. The molecule has 0 bridgehead atoms. The van der Waals surface area contributed by atoms with Crippen LogP contribution in [0.15, 0.2) is 84.9 Å². The van der Waals surface area contributed by atoms with Crippen LogP contribution < -0.4 is 9.47 Å². The van der Waals surface area contributed by atoms with Crippen LogP contribution >= 0.6 is 0 Å². The van der Waals surface area contributed by atoms with E-state index in [9.17, 15) is 13.2 Å². The third-order valence-corrected chi connectivity index (χ3v) is 5.69. The molecule has 4 nitrogen and oxygen atoms in total. The molecule has 2 heterocycles. The third kappa shape index (κ3) is 3.12. The summed E-state index contributed by atoms with van der Waals surface area (Å²) in [6.07, 6.45) is -4.66. The fourth-order valence-corrected chi connectivity index (χ4v) is 4.08. The lowest BCUT2D eigenvalue weighted by Crippen LogP contribution is -2.47. The third-order valence-electron chi connectivity index (χ3n) is 5.69. The van der Waals surface area contributed by atoms with Gasteiger partial charge in [0.25, 0.3) is 6.01 Å². The lowest BCUT2D eigenvalue weighted by atomic mass is 9.92. The SMILES string of the molecule is COc1ccc([C@@]2(C(F)(F)F)Cn3c(nc(-c4ccccc4)c3-c3ccccc3)O2)cc1. The van der Waals surface area contributed by atoms with Gasteiger partial charge >= 0.3 is 6.18 Å². The number of aromatic nitrogens is 2. The topological polar surface area (TPSA) is 36.3 Å². The Kier molecular flexibility index (Phi) is 4.69. The molecule has 0 spiro atoms. The van der Waals surface area contributed by atoms with Crippen molar-refractivity contribution in [2.24, 2.45) is 0 Å². The van der Waals surface area contributed by atoms with Crippen LogP contribution in [0.5, 0.6) is 11.8 Å². The van der Waals surface area contributed by atoms with Gasteiger partial charge in [0.05, 0.1) is 19.3 Å². The van der Waals surface area contributed by atoms with E-state index in [1.165, 1.54) is 35.9 Å². The molecule has 32 heavy (non-hydrogen) atoms. The molecule has 0 N–H and O–H groups in total. The second-order valence-corrected chi connectivity index (χ2v) is 7.57. The van der Waals surface area contributed by atoms with Crippen molar-refractivity contribution in [3.05, 3.63) is 90.5 Å². The van der Waals surface area contributed by atoms with Crippen molar-refractivity contribution in [3.8, 4) is 34.3 Å². The molecule has 1 aliphatic heterocycles. The largest absolute Gasteiger partial charge is 0.497 e. The Morgan fingerprint density at radius 2 is 1.47 bits per heavy atom. The van der Waals surface area contributed by atoms with E-state index in [2.05, 4.69) is 4.98 Å². The van der Waals surface area contributed by atoms with E-state index in [-0.39, 0.29) is 11.6 Å². The normalized spacial score (nSPS) is 17.6. The van der Waals surface area contributed by atoms with Crippen molar-refractivity contribution in [3.63, 3.8) is 0 Å². The lowest BCUT2D eigenvalue weighted by Gasteiger charge is -2.30. The number of hydrogen-bond donors (Lipinski definition) is 0. The summed E-state index contributed by atoms with van der Waals surface area (Å²) in [5, 5.41) is 0. The van der Waals surface area contributed by atoms with Crippen molar-refractivity contribution in [2.75, 3.05) is 7.11 Å². The van der Waals surface area contributed by atoms with Crippen molar-refractivity contribution in [2.45, 2.75) is 18.3 Å². The number of ether oxygens (including phenoxy) is 2. The van der Waals surface area contributed by atoms with E-state index in [1.54, 1.807) is 0 Å². The summed E-state index contributed by atoms with van der Waals surface area (Å²) in [7, 11) is 1.47. The van der Waals surface area contributed by atoms with Gasteiger partial charge in [-0.25, -0.2) is 0 Å². The van der Waals surface area contributed by atoms with Crippen molar-refractivity contribution < 1.29 is 22.6 Å². The number of rotatable bonds is 4. The van der Waals surface area contributed by atoms with Crippen LogP contribution in [0, 0.1) is 0 Å². The van der Waals surface area contributed by atoms with E-state index in [1.807, 2.05) is 60.7 Å². The number of methoxy groups -OCH3 is 1. The number of hydrogen-bond acceptors (Lipinski definition) is 3. The first kappa shape index (κ1) is 20.2. The maximum absolute atomic E-state index is 14.5. The van der Waals surface area contributed by atoms with E-state index >= 15 is 0 Å². The van der Waals surface area contributed by atoms with E-state index in [0.717, 1.165) is 11.1 Å². The van der Waals surface area contributed by atoms with Gasteiger partial charge in [-0.3, -0.25) is 4.57 Å². The first-order valence-corrected chi connectivity index (χ1v) is 10.0. The summed E-state index contributed by atoms with van der Waals surface area (Å²) in [5.74, 6) is 0.471.